The van der Waals surface area contributed by atoms with Gasteiger partial charge >= 0.3 is 5.97 Å². The predicted molar refractivity (Wildman–Crippen MR) is 102 cm³/mol. The van der Waals surface area contributed by atoms with Crippen molar-refractivity contribution in [1.29, 1.82) is 0 Å². The molecule has 0 fully saturated rings. The third-order valence-electron chi connectivity index (χ3n) is 3.77. The number of methoxy groups -OCH3 is 1. The Morgan fingerprint density at radius 2 is 1.56 bits per heavy atom. The smallest absolute Gasteiger partial charge is 0.339 e. The minimum absolute atomic E-state index is 0.181. The van der Waals surface area contributed by atoms with Gasteiger partial charge in [-0.1, -0.05) is 6.07 Å². The highest BCUT2D eigenvalue weighted by atomic mass is 16.5. The topological polar surface area (TPSA) is 93.7 Å². The number of anilines is 2. The monoisotopic (exact) mass is 370 g/mol. The van der Waals surface area contributed by atoms with Crippen molar-refractivity contribution < 1.29 is 23.9 Å². The van der Waals surface area contributed by atoms with Crippen molar-refractivity contribution in [3.05, 3.63) is 53.6 Å². The van der Waals surface area contributed by atoms with Crippen molar-refractivity contribution in [1.82, 2.24) is 0 Å². The first-order chi connectivity index (χ1) is 12.8. The van der Waals surface area contributed by atoms with Gasteiger partial charge in [0.15, 0.2) is 6.10 Å². The summed E-state index contributed by atoms with van der Waals surface area (Å²) < 4.78 is 10.4. The molecule has 0 unspecified atom stereocenters. The van der Waals surface area contributed by atoms with Gasteiger partial charge in [-0.05, 0) is 55.8 Å². The molecule has 0 aliphatic rings. The molecule has 0 aromatic heterocycles. The zero-order valence-electron chi connectivity index (χ0n) is 15.7. The molecule has 7 heteroatoms. The van der Waals surface area contributed by atoms with Crippen LogP contribution in [0.15, 0.2) is 42.5 Å². The minimum Gasteiger partial charge on any atom is -0.496 e. The molecule has 2 aromatic carbocycles. The summed E-state index contributed by atoms with van der Waals surface area (Å²) in [6.07, 6.45) is -0.986. The quantitative estimate of drug-likeness (QED) is 0.762. The number of hydrogen-bond acceptors (Lipinski definition) is 5. The maximum absolute atomic E-state index is 12.2. The van der Waals surface area contributed by atoms with E-state index in [2.05, 4.69) is 10.6 Å². The standard InChI is InChI=1S/C20H22N2O5/c1-12-5-6-15(11-18(12)26-4)20(25)27-13(2)19(24)22-17-9-7-16(8-10-17)21-14(3)23/h5-11,13H,1-4H3,(H,21,23)(H,22,24)/t13-/m1/s1. The third kappa shape index (κ3) is 5.57. The molecule has 2 N–H and O–H groups in total. The lowest BCUT2D eigenvalue weighted by atomic mass is 10.1. The van der Waals surface area contributed by atoms with Crippen LogP contribution >= 0.6 is 0 Å². The highest BCUT2D eigenvalue weighted by molar-refractivity contribution is 5.97. The predicted octanol–water partition coefficient (Wildman–Crippen LogP) is 3.15. The molecule has 0 saturated heterocycles. The normalized spacial score (nSPS) is 11.3. The summed E-state index contributed by atoms with van der Waals surface area (Å²) >= 11 is 0. The molecule has 0 aliphatic heterocycles. The molecule has 7 nitrogen and oxygen atoms in total. The molecule has 2 aromatic rings. The fourth-order valence-electron chi connectivity index (χ4n) is 2.31. The number of amides is 2. The van der Waals surface area contributed by atoms with Crippen molar-refractivity contribution >= 4 is 29.2 Å². The third-order valence-corrected chi connectivity index (χ3v) is 3.77. The number of nitrogens with one attached hydrogen (secondary N) is 2. The average Bonchev–Trinajstić information content (AvgIpc) is 2.63. The molecule has 0 spiro atoms. The lowest BCUT2D eigenvalue weighted by molar-refractivity contribution is -0.123. The van der Waals surface area contributed by atoms with E-state index in [4.69, 9.17) is 9.47 Å². The van der Waals surface area contributed by atoms with Crippen LogP contribution in [0.3, 0.4) is 0 Å². The van der Waals surface area contributed by atoms with Gasteiger partial charge in [-0.15, -0.1) is 0 Å². The lowest BCUT2D eigenvalue weighted by Crippen LogP contribution is -2.30. The second-order valence-electron chi connectivity index (χ2n) is 5.98. The van der Waals surface area contributed by atoms with Crippen LogP contribution in [0.4, 0.5) is 11.4 Å². The van der Waals surface area contributed by atoms with E-state index < -0.39 is 18.0 Å². The van der Waals surface area contributed by atoms with Crippen LogP contribution in [0.5, 0.6) is 5.75 Å². The maximum Gasteiger partial charge on any atom is 0.339 e. The molecule has 27 heavy (non-hydrogen) atoms. The first kappa shape index (κ1) is 20.0. The number of ether oxygens (including phenoxy) is 2. The van der Waals surface area contributed by atoms with Gasteiger partial charge in [-0.2, -0.15) is 0 Å². The first-order valence-electron chi connectivity index (χ1n) is 8.34. The van der Waals surface area contributed by atoms with Crippen molar-refractivity contribution in [2.75, 3.05) is 17.7 Å². The second-order valence-corrected chi connectivity index (χ2v) is 5.98. The van der Waals surface area contributed by atoms with Gasteiger partial charge in [-0.3, -0.25) is 9.59 Å². The number of carbonyl (C=O) groups is 3. The van der Waals surface area contributed by atoms with Gasteiger partial charge in [0.25, 0.3) is 5.91 Å². The van der Waals surface area contributed by atoms with E-state index in [1.165, 1.54) is 21.0 Å². The maximum atomic E-state index is 12.2. The van der Waals surface area contributed by atoms with Gasteiger partial charge in [0.1, 0.15) is 5.75 Å². The van der Waals surface area contributed by atoms with E-state index in [9.17, 15) is 14.4 Å². The summed E-state index contributed by atoms with van der Waals surface area (Å²) in [6.45, 7) is 4.76. The van der Waals surface area contributed by atoms with E-state index >= 15 is 0 Å². The van der Waals surface area contributed by atoms with Crippen molar-refractivity contribution in [3.63, 3.8) is 0 Å². The molecule has 0 heterocycles. The first-order valence-corrected chi connectivity index (χ1v) is 8.34. The number of benzene rings is 2. The molecule has 0 bridgehead atoms. The van der Waals surface area contributed by atoms with Gasteiger partial charge in [0, 0.05) is 18.3 Å². The zero-order valence-corrected chi connectivity index (χ0v) is 15.7. The highest BCUT2D eigenvalue weighted by Crippen LogP contribution is 2.20. The minimum atomic E-state index is -0.986. The number of aryl methyl sites for hydroxylation is 1. The Balaban J connectivity index is 1.96. The molecule has 0 radical (unpaired) electrons. The summed E-state index contributed by atoms with van der Waals surface area (Å²) in [4.78, 5) is 35.5. The molecule has 2 amide bonds. The molecular weight excluding hydrogens is 348 g/mol. The number of esters is 1. The number of hydrogen-bond donors (Lipinski definition) is 2. The lowest BCUT2D eigenvalue weighted by Gasteiger charge is -2.14. The van der Waals surface area contributed by atoms with Crippen molar-refractivity contribution in [2.24, 2.45) is 0 Å². The van der Waals surface area contributed by atoms with E-state index in [1.54, 1.807) is 42.5 Å². The second kappa shape index (κ2) is 8.84. The van der Waals surface area contributed by atoms with E-state index in [0.717, 1.165) is 5.56 Å². The van der Waals surface area contributed by atoms with Crippen molar-refractivity contribution in [3.8, 4) is 5.75 Å². The summed E-state index contributed by atoms with van der Waals surface area (Å²) in [5.41, 5.74) is 2.33. The fraction of sp³-hybridized carbons (Fsp3) is 0.250. The van der Waals surface area contributed by atoms with Crippen LogP contribution in [0, 0.1) is 6.92 Å². The summed E-state index contributed by atoms with van der Waals surface area (Å²) in [5.74, 6) is -0.687. The van der Waals surface area contributed by atoms with E-state index in [0.29, 0.717) is 22.7 Å². The van der Waals surface area contributed by atoms with Crippen LogP contribution in [-0.2, 0) is 14.3 Å². The molecule has 0 aliphatic carbocycles. The summed E-state index contributed by atoms with van der Waals surface area (Å²) in [6, 6.07) is 11.5. The Morgan fingerprint density at radius 1 is 0.963 bits per heavy atom. The van der Waals surface area contributed by atoms with Crippen LogP contribution in [0.25, 0.3) is 0 Å². The summed E-state index contributed by atoms with van der Waals surface area (Å²) in [7, 11) is 1.52. The Bertz CT molecular complexity index is 846. The molecule has 142 valence electrons. The van der Waals surface area contributed by atoms with Crippen LogP contribution in [0.2, 0.25) is 0 Å². The largest absolute Gasteiger partial charge is 0.496 e. The SMILES string of the molecule is COc1cc(C(=O)O[C@H](C)C(=O)Nc2ccc(NC(C)=O)cc2)ccc1C. The van der Waals surface area contributed by atoms with Gasteiger partial charge < -0.3 is 20.1 Å². The van der Waals surface area contributed by atoms with Gasteiger partial charge in [-0.25, -0.2) is 4.79 Å². The highest BCUT2D eigenvalue weighted by Gasteiger charge is 2.19. The van der Waals surface area contributed by atoms with Gasteiger partial charge in [0.05, 0.1) is 12.7 Å². The summed E-state index contributed by atoms with van der Waals surface area (Å²) in [5, 5.41) is 5.29. The number of rotatable bonds is 6. The van der Waals surface area contributed by atoms with E-state index in [-0.39, 0.29) is 5.91 Å². The molecule has 0 saturated carbocycles. The number of carbonyl (C=O) groups excluding carboxylic acids is 3. The van der Waals surface area contributed by atoms with Crippen LogP contribution < -0.4 is 15.4 Å². The fourth-order valence-corrected chi connectivity index (χ4v) is 2.31. The Kier molecular flexibility index (Phi) is 6.54. The Morgan fingerprint density at radius 3 is 2.11 bits per heavy atom. The molecule has 2 rings (SSSR count). The van der Waals surface area contributed by atoms with Gasteiger partial charge in [0.2, 0.25) is 5.91 Å². The molecular formula is C20H22N2O5. The zero-order chi connectivity index (χ0) is 20.0. The van der Waals surface area contributed by atoms with Crippen molar-refractivity contribution in [2.45, 2.75) is 26.9 Å². The Hall–Kier alpha value is -3.35. The molecule has 1 atom stereocenters. The van der Waals surface area contributed by atoms with E-state index in [1.807, 2.05) is 6.92 Å². The average molecular weight is 370 g/mol. The Labute approximate surface area is 157 Å². The van der Waals surface area contributed by atoms with Crippen LogP contribution in [0.1, 0.15) is 29.8 Å². The van der Waals surface area contributed by atoms with Crippen LogP contribution in [-0.4, -0.2) is 31.0 Å².